The largest absolute Gasteiger partial charge is 0.391 e. The standard InChI is InChI=1S/C30H30N2O5/c1-21(34)29(27(35)20-33)32-30(37)25-16-12-23(13-17-25)10-11-24-14-18-26(19-15-24)31-28(36)9-5-8-22-6-3-2-4-7-22/h2-4,6-7,12-19,21,29,33-34H,5,8-9,20H2,1H3,(H,31,36)(H,32,37)/t21-,29?/m1/s1. The lowest BCUT2D eigenvalue weighted by Gasteiger charge is -2.19. The van der Waals surface area contributed by atoms with Gasteiger partial charge in [0, 0.05) is 28.8 Å². The van der Waals surface area contributed by atoms with E-state index in [1.54, 1.807) is 36.4 Å². The fraction of sp³-hybridized carbons (Fsp3) is 0.233. The van der Waals surface area contributed by atoms with Crippen LogP contribution < -0.4 is 10.6 Å². The third-order valence-electron chi connectivity index (χ3n) is 5.65. The fourth-order valence-electron chi connectivity index (χ4n) is 3.60. The topological polar surface area (TPSA) is 116 Å². The molecule has 3 aromatic carbocycles. The van der Waals surface area contributed by atoms with Gasteiger partial charge in [-0.2, -0.15) is 0 Å². The van der Waals surface area contributed by atoms with Gasteiger partial charge in [-0.05, 0) is 73.9 Å². The van der Waals surface area contributed by atoms with Crippen molar-refractivity contribution >= 4 is 23.3 Å². The Morgan fingerprint density at radius 3 is 2.03 bits per heavy atom. The summed E-state index contributed by atoms with van der Waals surface area (Å²) < 4.78 is 0. The number of aliphatic hydroxyl groups excluding tert-OH is 2. The lowest BCUT2D eigenvalue weighted by Crippen LogP contribution is -2.48. The van der Waals surface area contributed by atoms with Crippen LogP contribution in [0.15, 0.2) is 78.9 Å². The molecule has 0 aromatic heterocycles. The molecule has 0 heterocycles. The molecule has 0 aliphatic rings. The maximum atomic E-state index is 12.4. The number of rotatable bonds is 10. The van der Waals surface area contributed by atoms with Gasteiger partial charge in [0.2, 0.25) is 5.91 Å². The SMILES string of the molecule is C[C@@H](O)C(NC(=O)c1ccc(C#Cc2ccc(NC(=O)CCCc3ccccc3)cc2)cc1)C(=O)CO. The van der Waals surface area contributed by atoms with Crippen molar-refractivity contribution < 1.29 is 24.6 Å². The van der Waals surface area contributed by atoms with Crippen molar-refractivity contribution in [3.63, 3.8) is 0 Å². The van der Waals surface area contributed by atoms with Crippen LogP contribution in [0.5, 0.6) is 0 Å². The van der Waals surface area contributed by atoms with Crippen LogP contribution >= 0.6 is 0 Å². The number of benzene rings is 3. The van der Waals surface area contributed by atoms with E-state index in [2.05, 4.69) is 34.6 Å². The minimum atomic E-state index is -1.18. The van der Waals surface area contributed by atoms with Crippen molar-refractivity contribution in [3.05, 3.63) is 101 Å². The van der Waals surface area contributed by atoms with Crippen LogP contribution in [-0.2, 0) is 16.0 Å². The third kappa shape index (κ3) is 8.73. The zero-order chi connectivity index (χ0) is 26.6. The maximum Gasteiger partial charge on any atom is 0.251 e. The summed E-state index contributed by atoms with van der Waals surface area (Å²) in [6.45, 7) is 0.595. The number of hydrogen-bond donors (Lipinski definition) is 4. The smallest absolute Gasteiger partial charge is 0.251 e. The third-order valence-corrected chi connectivity index (χ3v) is 5.65. The summed E-state index contributed by atoms with van der Waals surface area (Å²) in [6, 6.07) is 22.6. The molecule has 0 aliphatic carbocycles. The molecule has 1 unspecified atom stereocenters. The summed E-state index contributed by atoms with van der Waals surface area (Å²) in [5.74, 6) is 4.83. The van der Waals surface area contributed by atoms with E-state index in [4.69, 9.17) is 5.11 Å². The molecule has 7 nitrogen and oxygen atoms in total. The van der Waals surface area contributed by atoms with Gasteiger partial charge in [-0.25, -0.2) is 0 Å². The predicted molar refractivity (Wildman–Crippen MR) is 142 cm³/mol. The molecule has 7 heteroatoms. The number of carbonyl (C=O) groups is 3. The van der Waals surface area contributed by atoms with Crippen molar-refractivity contribution in [2.24, 2.45) is 0 Å². The molecule has 2 amide bonds. The Morgan fingerprint density at radius 2 is 1.46 bits per heavy atom. The molecule has 0 aliphatic heterocycles. The number of Topliss-reactive ketones (excluding diaryl/α,β-unsaturated/α-hetero) is 1. The van der Waals surface area contributed by atoms with Crippen molar-refractivity contribution in [1.29, 1.82) is 0 Å². The van der Waals surface area contributed by atoms with Crippen LogP contribution in [0.3, 0.4) is 0 Å². The Balaban J connectivity index is 1.51. The quantitative estimate of drug-likeness (QED) is 0.321. The second-order valence-electron chi connectivity index (χ2n) is 8.61. The van der Waals surface area contributed by atoms with Gasteiger partial charge in [0.05, 0.1) is 6.10 Å². The lowest BCUT2D eigenvalue weighted by atomic mass is 10.1. The summed E-state index contributed by atoms with van der Waals surface area (Å²) >= 11 is 0. The number of aryl methyl sites for hydroxylation is 1. The number of anilines is 1. The number of carbonyl (C=O) groups excluding carboxylic acids is 3. The van der Waals surface area contributed by atoms with Crippen LogP contribution in [0.25, 0.3) is 0 Å². The number of nitrogens with one attached hydrogen (secondary N) is 2. The Kier molecular flexibility index (Phi) is 10.1. The molecule has 0 saturated carbocycles. The molecule has 3 aromatic rings. The molecule has 2 atom stereocenters. The molecule has 0 fully saturated rings. The molecular weight excluding hydrogens is 468 g/mol. The highest BCUT2D eigenvalue weighted by molar-refractivity contribution is 5.98. The molecule has 0 spiro atoms. The van der Waals surface area contributed by atoms with Gasteiger partial charge in [-0.3, -0.25) is 14.4 Å². The van der Waals surface area contributed by atoms with Crippen LogP contribution in [0.1, 0.15) is 46.8 Å². The first-order valence-corrected chi connectivity index (χ1v) is 12.0. The van der Waals surface area contributed by atoms with E-state index in [1.807, 2.05) is 30.3 Å². The predicted octanol–water partition coefficient (Wildman–Crippen LogP) is 3.09. The lowest BCUT2D eigenvalue weighted by molar-refractivity contribution is -0.126. The van der Waals surface area contributed by atoms with E-state index < -0.39 is 30.4 Å². The zero-order valence-electron chi connectivity index (χ0n) is 20.6. The van der Waals surface area contributed by atoms with Gasteiger partial charge in [-0.1, -0.05) is 42.2 Å². The van der Waals surface area contributed by atoms with Gasteiger partial charge in [0.1, 0.15) is 12.6 Å². The monoisotopic (exact) mass is 498 g/mol. The van der Waals surface area contributed by atoms with E-state index in [-0.39, 0.29) is 5.91 Å². The summed E-state index contributed by atoms with van der Waals surface area (Å²) in [5.41, 5.74) is 3.68. The van der Waals surface area contributed by atoms with Crippen molar-refractivity contribution in [3.8, 4) is 11.8 Å². The molecule has 0 radical (unpaired) electrons. The van der Waals surface area contributed by atoms with Gasteiger partial charge in [-0.15, -0.1) is 0 Å². The molecule has 3 rings (SSSR count). The summed E-state index contributed by atoms with van der Waals surface area (Å²) in [4.78, 5) is 36.3. The number of ketones is 1. The molecule has 37 heavy (non-hydrogen) atoms. The Bertz CT molecular complexity index is 1260. The average molecular weight is 499 g/mol. The van der Waals surface area contributed by atoms with E-state index in [9.17, 15) is 19.5 Å². The highest BCUT2D eigenvalue weighted by atomic mass is 16.3. The Labute approximate surface area is 216 Å². The van der Waals surface area contributed by atoms with E-state index in [0.717, 1.165) is 18.4 Å². The Morgan fingerprint density at radius 1 is 0.865 bits per heavy atom. The summed E-state index contributed by atoms with van der Waals surface area (Å²) in [5, 5.41) is 24.0. The number of aliphatic hydroxyl groups is 2. The fourth-order valence-corrected chi connectivity index (χ4v) is 3.60. The van der Waals surface area contributed by atoms with Gasteiger partial charge >= 0.3 is 0 Å². The number of amides is 2. The first-order valence-electron chi connectivity index (χ1n) is 12.0. The van der Waals surface area contributed by atoms with Gasteiger partial charge in [0.25, 0.3) is 5.91 Å². The van der Waals surface area contributed by atoms with Crippen LogP contribution in [-0.4, -0.2) is 46.6 Å². The first kappa shape index (κ1) is 27.3. The Hall–Kier alpha value is -4.25. The normalized spacial score (nSPS) is 12.0. The van der Waals surface area contributed by atoms with Crippen molar-refractivity contribution in [2.45, 2.75) is 38.3 Å². The summed E-state index contributed by atoms with van der Waals surface area (Å²) in [6.07, 6.45) is 0.956. The highest BCUT2D eigenvalue weighted by Gasteiger charge is 2.25. The first-order chi connectivity index (χ1) is 17.9. The van der Waals surface area contributed by atoms with E-state index in [1.165, 1.54) is 12.5 Å². The molecule has 0 saturated heterocycles. The van der Waals surface area contributed by atoms with Crippen molar-refractivity contribution in [2.75, 3.05) is 11.9 Å². The highest BCUT2D eigenvalue weighted by Crippen LogP contribution is 2.12. The molecular formula is C30H30N2O5. The minimum Gasteiger partial charge on any atom is -0.391 e. The van der Waals surface area contributed by atoms with E-state index in [0.29, 0.717) is 23.2 Å². The van der Waals surface area contributed by atoms with Crippen LogP contribution in [0.2, 0.25) is 0 Å². The van der Waals surface area contributed by atoms with Crippen LogP contribution in [0, 0.1) is 11.8 Å². The van der Waals surface area contributed by atoms with Crippen molar-refractivity contribution in [1.82, 2.24) is 5.32 Å². The average Bonchev–Trinajstić information content (AvgIpc) is 2.91. The zero-order valence-corrected chi connectivity index (χ0v) is 20.6. The summed E-state index contributed by atoms with van der Waals surface area (Å²) in [7, 11) is 0. The number of hydrogen-bond acceptors (Lipinski definition) is 5. The van der Waals surface area contributed by atoms with Crippen LogP contribution in [0.4, 0.5) is 5.69 Å². The molecule has 0 bridgehead atoms. The second kappa shape index (κ2) is 13.7. The molecule has 190 valence electrons. The maximum absolute atomic E-state index is 12.4. The van der Waals surface area contributed by atoms with E-state index >= 15 is 0 Å². The van der Waals surface area contributed by atoms with Gasteiger partial charge in [0.15, 0.2) is 5.78 Å². The molecule has 4 N–H and O–H groups in total. The van der Waals surface area contributed by atoms with Gasteiger partial charge < -0.3 is 20.8 Å². The second-order valence-corrected chi connectivity index (χ2v) is 8.61. The minimum absolute atomic E-state index is 0.0283.